The standard InChI is InChI=1S/C15H20FN3O2S/c1-2-19(15(21)13-9-22-10-18-13)8-14(20)17-7-11-3-5-12(16)6-4-11/h3-6,13,18H,2,7-10H2,1H3,(H,17,20). The largest absolute Gasteiger partial charge is 0.350 e. The molecule has 1 heterocycles. The molecule has 1 atom stereocenters. The van der Waals surface area contributed by atoms with E-state index in [1.54, 1.807) is 28.8 Å². The summed E-state index contributed by atoms with van der Waals surface area (Å²) < 4.78 is 12.8. The van der Waals surface area contributed by atoms with Crippen LogP contribution in [-0.2, 0) is 16.1 Å². The lowest BCUT2D eigenvalue weighted by Gasteiger charge is -2.23. The molecule has 1 unspecified atom stereocenters. The zero-order chi connectivity index (χ0) is 15.9. The number of amides is 2. The van der Waals surface area contributed by atoms with E-state index in [-0.39, 0.29) is 30.2 Å². The fraction of sp³-hybridized carbons (Fsp3) is 0.467. The summed E-state index contributed by atoms with van der Waals surface area (Å²) in [6.07, 6.45) is 0. The van der Waals surface area contributed by atoms with Crippen molar-refractivity contribution in [1.29, 1.82) is 0 Å². The van der Waals surface area contributed by atoms with E-state index in [2.05, 4.69) is 10.6 Å². The van der Waals surface area contributed by atoms with Gasteiger partial charge in [-0.2, -0.15) is 0 Å². The maximum Gasteiger partial charge on any atom is 0.241 e. The van der Waals surface area contributed by atoms with Crippen LogP contribution in [-0.4, -0.2) is 47.5 Å². The molecule has 2 N–H and O–H groups in total. The van der Waals surface area contributed by atoms with E-state index in [1.807, 2.05) is 6.92 Å². The Balaban J connectivity index is 1.81. The molecule has 0 aromatic heterocycles. The highest BCUT2D eigenvalue weighted by molar-refractivity contribution is 7.99. The van der Waals surface area contributed by atoms with Crippen molar-refractivity contribution in [2.24, 2.45) is 0 Å². The van der Waals surface area contributed by atoms with Crippen LogP contribution in [0, 0.1) is 5.82 Å². The first-order chi connectivity index (χ1) is 10.6. The Hall–Kier alpha value is -1.60. The van der Waals surface area contributed by atoms with Crippen LogP contribution in [0.5, 0.6) is 0 Å². The first kappa shape index (κ1) is 16.8. The Bertz CT molecular complexity index is 518. The molecule has 0 saturated carbocycles. The van der Waals surface area contributed by atoms with Gasteiger partial charge in [0, 0.05) is 24.7 Å². The van der Waals surface area contributed by atoms with E-state index < -0.39 is 0 Å². The van der Waals surface area contributed by atoms with Crippen molar-refractivity contribution in [3.05, 3.63) is 35.6 Å². The minimum atomic E-state index is -0.306. The number of thioether (sulfide) groups is 1. The van der Waals surface area contributed by atoms with E-state index in [0.717, 1.165) is 17.2 Å². The quantitative estimate of drug-likeness (QED) is 0.818. The average molecular weight is 325 g/mol. The number of carbonyl (C=O) groups is 2. The minimum absolute atomic E-state index is 0.0376. The highest BCUT2D eigenvalue weighted by Gasteiger charge is 2.27. The van der Waals surface area contributed by atoms with Gasteiger partial charge < -0.3 is 10.2 Å². The molecule has 0 aliphatic carbocycles. The molecule has 120 valence electrons. The van der Waals surface area contributed by atoms with Gasteiger partial charge in [0.05, 0.1) is 12.6 Å². The SMILES string of the molecule is CCN(CC(=O)NCc1ccc(F)cc1)C(=O)C1CSCN1. The predicted octanol–water partition coefficient (Wildman–Crippen LogP) is 0.953. The molecule has 2 rings (SSSR count). The van der Waals surface area contributed by atoms with Gasteiger partial charge in [-0.25, -0.2) is 4.39 Å². The van der Waals surface area contributed by atoms with Gasteiger partial charge in [0.2, 0.25) is 11.8 Å². The van der Waals surface area contributed by atoms with Crippen LogP contribution in [0.25, 0.3) is 0 Å². The third kappa shape index (κ3) is 4.71. The number of rotatable bonds is 6. The molecular weight excluding hydrogens is 305 g/mol. The monoisotopic (exact) mass is 325 g/mol. The molecule has 5 nitrogen and oxygen atoms in total. The van der Waals surface area contributed by atoms with Crippen LogP contribution >= 0.6 is 11.8 Å². The highest BCUT2D eigenvalue weighted by atomic mass is 32.2. The van der Waals surface area contributed by atoms with Gasteiger partial charge in [-0.3, -0.25) is 14.9 Å². The van der Waals surface area contributed by atoms with E-state index in [4.69, 9.17) is 0 Å². The molecule has 22 heavy (non-hydrogen) atoms. The Morgan fingerprint density at radius 1 is 1.41 bits per heavy atom. The van der Waals surface area contributed by atoms with Crippen molar-refractivity contribution >= 4 is 23.6 Å². The maximum absolute atomic E-state index is 12.8. The Morgan fingerprint density at radius 2 is 2.14 bits per heavy atom. The lowest BCUT2D eigenvalue weighted by Crippen LogP contribution is -2.48. The molecule has 1 fully saturated rings. The van der Waals surface area contributed by atoms with Crippen LogP contribution < -0.4 is 10.6 Å². The van der Waals surface area contributed by atoms with Gasteiger partial charge in [-0.15, -0.1) is 11.8 Å². The van der Waals surface area contributed by atoms with Crippen LogP contribution in [0.15, 0.2) is 24.3 Å². The number of nitrogens with zero attached hydrogens (tertiary/aromatic N) is 1. The molecule has 1 aliphatic rings. The second-order valence-corrected chi connectivity index (χ2v) is 6.06. The molecule has 0 bridgehead atoms. The summed E-state index contributed by atoms with van der Waals surface area (Å²) in [5, 5.41) is 5.86. The molecule has 1 aromatic rings. The molecular formula is C15H20FN3O2S. The van der Waals surface area contributed by atoms with E-state index >= 15 is 0 Å². The highest BCUT2D eigenvalue weighted by Crippen LogP contribution is 2.11. The number of likely N-dealkylation sites (N-methyl/N-ethyl adjacent to an activating group) is 1. The number of benzene rings is 1. The zero-order valence-corrected chi connectivity index (χ0v) is 13.3. The first-order valence-electron chi connectivity index (χ1n) is 7.21. The Labute approximate surface area is 133 Å². The summed E-state index contributed by atoms with van der Waals surface area (Å²) in [6.45, 7) is 2.71. The van der Waals surface area contributed by atoms with E-state index in [1.165, 1.54) is 12.1 Å². The molecule has 0 spiro atoms. The van der Waals surface area contributed by atoms with Crippen molar-refractivity contribution < 1.29 is 14.0 Å². The van der Waals surface area contributed by atoms with Crippen LogP contribution in [0.4, 0.5) is 4.39 Å². The second kappa shape index (κ2) is 8.14. The third-order valence-corrected chi connectivity index (χ3v) is 4.39. The summed E-state index contributed by atoms with van der Waals surface area (Å²) in [5.74, 6) is 0.950. The molecule has 1 aliphatic heterocycles. The number of hydrogen-bond acceptors (Lipinski definition) is 4. The fourth-order valence-electron chi connectivity index (χ4n) is 2.15. The maximum atomic E-state index is 12.8. The normalized spacial score (nSPS) is 17.3. The summed E-state index contributed by atoms with van der Waals surface area (Å²) in [7, 11) is 0. The van der Waals surface area contributed by atoms with E-state index in [0.29, 0.717) is 13.1 Å². The van der Waals surface area contributed by atoms with Crippen LogP contribution in [0.1, 0.15) is 12.5 Å². The molecule has 1 saturated heterocycles. The number of halogens is 1. The van der Waals surface area contributed by atoms with Gasteiger partial charge in [0.1, 0.15) is 5.82 Å². The van der Waals surface area contributed by atoms with Crippen molar-refractivity contribution in [2.75, 3.05) is 24.7 Å². The molecule has 2 amide bonds. The smallest absolute Gasteiger partial charge is 0.241 e. The predicted molar refractivity (Wildman–Crippen MR) is 84.7 cm³/mol. The average Bonchev–Trinajstić information content (AvgIpc) is 3.06. The summed E-state index contributed by atoms with van der Waals surface area (Å²) in [4.78, 5) is 25.8. The Kier molecular flexibility index (Phi) is 6.21. The van der Waals surface area contributed by atoms with Crippen molar-refractivity contribution in [3.8, 4) is 0 Å². The zero-order valence-electron chi connectivity index (χ0n) is 12.5. The Morgan fingerprint density at radius 3 is 2.73 bits per heavy atom. The van der Waals surface area contributed by atoms with E-state index in [9.17, 15) is 14.0 Å². The third-order valence-electron chi connectivity index (χ3n) is 3.45. The second-order valence-electron chi connectivity index (χ2n) is 5.03. The molecule has 0 radical (unpaired) electrons. The van der Waals surface area contributed by atoms with Crippen molar-refractivity contribution in [3.63, 3.8) is 0 Å². The lowest BCUT2D eigenvalue weighted by molar-refractivity contribution is -0.137. The summed E-state index contributed by atoms with van der Waals surface area (Å²) in [5.41, 5.74) is 0.818. The van der Waals surface area contributed by atoms with Crippen molar-refractivity contribution in [1.82, 2.24) is 15.5 Å². The number of hydrogen-bond donors (Lipinski definition) is 2. The summed E-state index contributed by atoms with van der Waals surface area (Å²) in [6, 6.07) is 5.75. The number of nitrogens with one attached hydrogen (secondary N) is 2. The topological polar surface area (TPSA) is 61.4 Å². The fourth-order valence-corrected chi connectivity index (χ4v) is 3.08. The first-order valence-corrected chi connectivity index (χ1v) is 8.36. The van der Waals surface area contributed by atoms with Crippen molar-refractivity contribution in [2.45, 2.75) is 19.5 Å². The van der Waals surface area contributed by atoms with Crippen LogP contribution in [0.3, 0.4) is 0 Å². The minimum Gasteiger partial charge on any atom is -0.350 e. The van der Waals surface area contributed by atoms with Gasteiger partial charge in [0.25, 0.3) is 0 Å². The van der Waals surface area contributed by atoms with Gasteiger partial charge >= 0.3 is 0 Å². The summed E-state index contributed by atoms with van der Waals surface area (Å²) >= 11 is 1.68. The van der Waals surface area contributed by atoms with Gasteiger partial charge in [0.15, 0.2) is 0 Å². The lowest BCUT2D eigenvalue weighted by atomic mass is 10.2. The number of carbonyl (C=O) groups excluding carboxylic acids is 2. The molecule has 7 heteroatoms. The van der Waals surface area contributed by atoms with Gasteiger partial charge in [-0.1, -0.05) is 12.1 Å². The van der Waals surface area contributed by atoms with Crippen LogP contribution in [0.2, 0.25) is 0 Å². The molecule has 1 aromatic carbocycles. The van der Waals surface area contributed by atoms with Gasteiger partial charge in [-0.05, 0) is 24.6 Å².